The van der Waals surface area contributed by atoms with Crippen molar-refractivity contribution in [1.82, 2.24) is 4.90 Å². The molecular formula is C24H27NO7S. The Balaban J connectivity index is 1.47. The predicted molar refractivity (Wildman–Crippen MR) is 122 cm³/mol. The summed E-state index contributed by atoms with van der Waals surface area (Å²) in [6.07, 6.45) is -0.653. The highest BCUT2D eigenvalue weighted by Gasteiger charge is 2.43. The van der Waals surface area contributed by atoms with E-state index in [2.05, 4.69) is 0 Å². The van der Waals surface area contributed by atoms with Crippen molar-refractivity contribution in [2.45, 2.75) is 25.7 Å². The summed E-state index contributed by atoms with van der Waals surface area (Å²) >= 11 is 1.26. The second kappa shape index (κ2) is 9.24. The van der Waals surface area contributed by atoms with Crippen LogP contribution in [0.4, 0.5) is 4.79 Å². The maximum atomic E-state index is 13.0. The highest BCUT2D eigenvalue weighted by atomic mass is 32.2. The summed E-state index contributed by atoms with van der Waals surface area (Å²) in [7, 11) is 0. The number of nitrogens with zero attached hydrogens (tertiary/aromatic N) is 1. The number of phenols is 2. The van der Waals surface area contributed by atoms with Gasteiger partial charge in [-0.15, -0.1) is 11.8 Å². The molecule has 8 nitrogen and oxygen atoms in total. The van der Waals surface area contributed by atoms with Gasteiger partial charge in [0.25, 0.3) is 0 Å². The minimum atomic E-state index is -1.20. The maximum Gasteiger partial charge on any atom is 0.417 e. The third kappa shape index (κ3) is 4.95. The molecule has 2 heterocycles. The molecule has 0 bridgehead atoms. The number of phenolic OH excluding ortho intramolecular Hbond substituents is 2. The Hall–Kier alpha value is -2.75. The Morgan fingerprint density at radius 1 is 1.09 bits per heavy atom. The summed E-state index contributed by atoms with van der Waals surface area (Å²) in [5.74, 6) is -1.83. The lowest BCUT2D eigenvalue weighted by molar-refractivity contribution is -0.295. The number of carbonyl (C=O) groups excluding carboxylic acids is 2. The molecule has 0 aliphatic carbocycles. The second-order valence-corrected chi connectivity index (χ2v) is 9.94. The summed E-state index contributed by atoms with van der Waals surface area (Å²) < 4.78 is 17.4. The number of benzene rings is 2. The molecular weight excluding hydrogens is 446 g/mol. The summed E-state index contributed by atoms with van der Waals surface area (Å²) in [4.78, 5) is 26.4. The van der Waals surface area contributed by atoms with Gasteiger partial charge in [-0.25, -0.2) is 9.69 Å². The minimum absolute atomic E-state index is 0.0142. The lowest BCUT2D eigenvalue weighted by Crippen LogP contribution is -2.47. The van der Waals surface area contributed by atoms with Crippen molar-refractivity contribution < 1.29 is 34.0 Å². The first kappa shape index (κ1) is 23.4. The average molecular weight is 474 g/mol. The van der Waals surface area contributed by atoms with E-state index in [0.717, 1.165) is 10.5 Å². The number of cyclic esters (lactones) is 1. The van der Waals surface area contributed by atoms with Gasteiger partial charge >= 0.3 is 6.09 Å². The first-order chi connectivity index (χ1) is 15.7. The van der Waals surface area contributed by atoms with Crippen LogP contribution < -0.4 is 0 Å². The largest absolute Gasteiger partial charge is 0.504 e. The SMILES string of the molecule is CC1(C)COC(CSCC(=O)N2C(=O)OC[C@@H]2c2ccccc2)(c2ccc(O)c(O)c2)OC1. The predicted octanol–water partition coefficient (Wildman–Crippen LogP) is 3.78. The lowest BCUT2D eigenvalue weighted by Gasteiger charge is -2.43. The van der Waals surface area contributed by atoms with Crippen LogP contribution in [-0.2, 0) is 24.8 Å². The van der Waals surface area contributed by atoms with Gasteiger partial charge in [-0.3, -0.25) is 4.79 Å². The van der Waals surface area contributed by atoms with Crippen molar-refractivity contribution in [3.05, 3.63) is 59.7 Å². The standard InChI is InChI=1S/C24H27NO7S/c1-23(2)13-31-24(32-14-23,17-8-9-19(26)20(27)10-17)15-33-12-21(28)25-18(11-30-22(25)29)16-6-4-3-5-7-16/h3-10,18,26-27H,11-15H2,1-2H3/t18-/m1/s1. The molecule has 1 atom stereocenters. The van der Waals surface area contributed by atoms with Crippen LogP contribution in [0.3, 0.4) is 0 Å². The summed E-state index contributed by atoms with van der Waals surface area (Å²) in [6.45, 7) is 4.99. The number of hydrogen-bond donors (Lipinski definition) is 2. The fraction of sp³-hybridized carbons (Fsp3) is 0.417. The van der Waals surface area contributed by atoms with Crippen molar-refractivity contribution in [1.29, 1.82) is 0 Å². The zero-order valence-corrected chi connectivity index (χ0v) is 19.3. The van der Waals surface area contributed by atoms with Crippen molar-refractivity contribution in [3.63, 3.8) is 0 Å². The normalized spacial score (nSPS) is 21.6. The van der Waals surface area contributed by atoms with Crippen LogP contribution in [0.5, 0.6) is 11.5 Å². The topological polar surface area (TPSA) is 106 Å². The number of imide groups is 1. The van der Waals surface area contributed by atoms with Crippen LogP contribution >= 0.6 is 11.8 Å². The molecule has 4 rings (SSSR count). The van der Waals surface area contributed by atoms with E-state index < -0.39 is 17.9 Å². The van der Waals surface area contributed by atoms with Gasteiger partial charge in [0, 0.05) is 11.0 Å². The van der Waals surface area contributed by atoms with Crippen LogP contribution in [0.25, 0.3) is 0 Å². The third-order valence-corrected chi connectivity index (χ3v) is 6.69. The highest BCUT2D eigenvalue weighted by Crippen LogP contribution is 2.41. The monoisotopic (exact) mass is 473 g/mol. The second-order valence-electron chi connectivity index (χ2n) is 8.96. The number of hydrogen-bond acceptors (Lipinski definition) is 8. The van der Waals surface area contributed by atoms with Crippen LogP contribution in [-0.4, -0.2) is 58.4 Å². The molecule has 176 valence electrons. The van der Waals surface area contributed by atoms with Gasteiger partial charge in [-0.2, -0.15) is 0 Å². The van der Waals surface area contributed by atoms with Crippen LogP contribution in [0.1, 0.15) is 31.0 Å². The summed E-state index contributed by atoms with van der Waals surface area (Å²) in [5.41, 5.74) is 1.18. The molecule has 2 aromatic carbocycles. The zero-order valence-electron chi connectivity index (χ0n) is 18.5. The van der Waals surface area contributed by atoms with Gasteiger partial charge in [0.1, 0.15) is 12.6 Å². The van der Waals surface area contributed by atoms with Gasteiger partial charge in [0.2, 0.25) is 11.7 Å². The summed E-state index contributed by atoms with van der Waals surface area (Å²) in [6, 6.07) is 13.2. The molecule has 2 saturated heterocycles. The number of amides is 2. The van der Waals surface area contributed by atoms with Gasteiger partial charge in [0.15, 0.2) is 11.5 Å². The minimum Gasteiger partial charge on any atom is -0.504 e. The first-order valence-electron chi connectivity index (χ1n) is 10.6. The fourth-order valence-corrected chi connectivity index (χ4v) is 4.78. The maximum absolute atomic E-state index is 13.0. The highest BCUT2D eigenvalue weighted by molar-refractivity contribution is 8.00. The van der Waals surface area contributed by atoms with E-state index in [0.29, 0.717) is 18.8 Å². The fourth-order valence-electron chi connectivity index (χ4n) is 3.76. The number of rotatable bonds is 6. The molecule has 33 heavy (non-hydrogen) atoms. The quantitative estimate of drug-likeness (QED) is 0.611. The van der Waals surface area contributed by atoms with E-state index in [-0.39, 0.29) is 40.9 Å². The smallest absolute Gasteiger partial charge is 0.417 e. The Morgan fingerprint density at radius 3 is 2.45 bits per heavy atom. The van der Waals surface area contributed by atoms with E-state index in [1.807, 2.05) is 44.2 Å². The third-order valence-electron chi connectivity index (χ3n) is 5.65. The average Bonchev–Trinajstić information content (AvgIpc) is 3.19. The van der Waals surface area contributed by atoms with Gasteiger partial charge in [-0.1, -0.05) is 44.2 Å². The molecule has 0 radical (unpaired) electrons. The molecule has 2 aliphatic rings. The Morgan fingerprint density at radius 2 is 1.79 bits per heavy atom. The van der Waals surface area contributed by atoms with Crippen LogP contribution in [0.2, 0.25) is 0 Å². The van der Waals surface area contributed by atoms with Crippen LogP contribution in [0, 0.1) is 5.41 Å². The molecule has 0 spiro atoms. The molecule has 2 fully saturated rings. The zero-order chi connectivity index (χ0) is 23.6. The van der Waals surface area contributed by atoms with E-state index in [1.54, 1.807) is 6.07 Å². The number of aromatic hydroxyl groups is 2. The molecule has 9 heteroatoms. The molecule has 2 aliphatic heterocycles. The van der Waals surface area contributed by atoms with Crippen molar-refractivity contribution in [3.8, 4) is 11.5 Å². The lowest BCUT2D eigenvalue weighted by atomic mass is 9.93. The van der Waals surface area contributed by atoms with Gasteiger partial charge < -0.3 is 24.4 Å². The molecule has 2 N–H and O–H groups in total. The van der Waals surface area contributed by atoms with Crippen molar-refractivity contribution in [2.24, 2.45) is 5.41 Å². The van der Waals surface area contributed by atoms with E-state index in [1.165, 1.54) is 23.9 Å². The van der Waals surface area contributed by atoms with Gasteiger partial charge in [0.05, 0.1) is 24.7 Å². The molecule has 0 saturated carbocycles. The Bertz CT molecular complexity index is 1020. The van der Waals surface area contributed by atoms with Crippen molar-refractivity contribution >= 4 is 23.8 Å². The Kier molecular flexibility index (Phi) is 6.56. The van der Waals surface area contributed by atoms with Crippen LogP contribution in [0.15, 0.2) is 48.5 Å². The van der Waals surface area contributed by atoms with Crippen molar-refractivity contribution in [2.75, 3.05) is 31.3 Å². The number of thioether (sulfide) groups is 1. The molecule has 0 aromatic heterocycles. The van der Waals surface area contributed by atoms with E-state index in [4.69, 9.17) is 14.2 Å². The van der Waals surface area contributed by atoms with E-state index in [9.17, 15) is 19.8 Å². The Labute approximate surface area is 196 Å². The molecule has 0 unspecified atom stereocenters. The number of carbonyl (C=O) groups is 2. The van der Waals surface area contributed by atoms with E-state index >= 15 is 0 Å². The summed E-state index contributed by atoms with van der Waals surface area (Å²) in [5, 5.41) is 19.7. The molecule has 2 aromatic rings. The molecule has 2 amide bonds. The van der Waals surface area contributed by atoms with Gasteiger partial charge in [-0.05, 0) is 23.8 Å². The number of ether oxygens (including phenoxy) is 3. The first-order valence-corrected chi connectivity index (χ1v) is 11.8.